The number of nitrogens with zero attached hydrogens (tertiary/aromatic N) is 4. The van der Waals surface area contributed by atoms with Crippen molar-refractivity contribution in [2.75, 3.05) is 0 Å². The van der Waals surface area contributed by atoms with Crippen LogP contribution in [-0.2, 0) is 6.54 Å². The topological polar surface area (TPSA) is 60.7 Å². The van der Waals surface area contributed by atoms with E-state index in [1.165, 1.54) is 39.0 Å². The van der Waals surface area contributed by atoms with Crippen molar-refractivity contribution in [3.8, 4) is 0 Å². The van der Waals surface area contributed by atoms with E-state index in [0.717, 1.165) is 6.54 Å². The molecule has 0 spiro atoms. The third-order valence-electron chi connectivity index (χ3n) is 3.00. The van der Waals surface area contributed by atoms with Crippen molar-refractivity contribution >= 4 is 5.78 Å². The number of ketones is 1. The minimum atomic E-state index is -0.0594. The monoisotopic (exact) mass is 208 g/mol. The van der Waals surface area contributed by atoms with Gasteiger partial charge in [-0.25, -0.2) is 4.68 Å². The fraction of sp³-hybridized carbons (Fsp3) is 0.800. The van der Waals surface area contributed by atoms with Crippen LogP contribution in [0.1, 0.15) is 49.6 Å². The molecule has 2 rings (SSSR count). The Morgan fingerprint density at radius 1 is 1.40 bits per heavy atom. The van der Waals surface area contributed by atoms with E-state index < -0.39 is 0 Å². The fourth-order valence-electron chi connectivity index (χ4n) is 2.19. The third-order valence-corrected chi connectivity index (χ3v) is 3.00. The molecule has 1 saturated carbocycles. The highest BCUT2D eigenvalue weighted by atomic mass is 16.1. The van der Waals surface area contributed by atoms with Gasteiger partial charge in [0.15, 0.2) is 5.78 Å². The van der Waals surface area contributed by atoms with Gasteiger partial charge in [0, 0.05) is 13.5 Å². The molecule has 0 amide bonds. The Hall–Kier alpha value is -1.26. The van der Waals surface area contributed by atoms with Crippen LogP contribution in [0, 0.1) is 5.92 Å². The molecule has 0 aromatic carbocycles. The average molecular weight is 208 g/mol. The Labute approximate surface area is 88.9 Å². The highest BCUT2D eigenvalue weighted by molar-refractivity contribution is 5.90. The summed E-state index contributed by atoms with van der Waals surface area (Å²) in [7, 11) is 0. The van der Waals surface area contributed by atoms with E-state index in [-0.39, 0.29) is 5.78 Å². The molecule has 1 fully saturated rings. The minimum absolute atomic E-state index is 0.0594. The Morgan fingerprint density at radius 2 is 2.13 bits per heavy atom. The van der Waals surface area contributed by atoms with E-state index in [0.29, 0.717) is 11.7 Å². The molecule has 5 heteroatoms. The number of hydrogen-bond acceptors (Lipinski definition) is 4. The molecular weight excluding hydrogens is 192 g/mol. The van der Waals surface area contributed by atoms with E-state index >= 15 is 0 Å². The fourth-order valence-corrected chi connectivity index (χ4v) is 2.19. The number of tetrazole rings is 1. The first-order valence-electron chi connectivity index (χ1n) is 5.54. The van der Waals surface area contributed by atoms with Crippen molar-refractivity contribution in [3.63, 3.8) is 0 Å². The molecule has 1 aliphatic carbocycles. The second kappa shape index (κ2) is 4.51. The number of Topliss-reactive ketones (excluding diaryl/α,β-unsaturated/α-hetero) is 1. The SMILES string of the molecule is CC(=O)c1nnnn1CC1CCCCC1. The Bertz CT molecular complexity index is 341. The van der Waals surface area contributed by atoms with Crippen LogP contribution < -0.4 is 0 Å². The molecule has 0 N–H and O–H groups in total. The highest BCUT2D eigenvalue weighted by Crippen LogP contribution is 2.24. The average Bonchev–Trinajstić information content (AvgIpc) is 2.67. The Balaban J connectivity index is 2.03. The maximum atomic E-state index is 11.2. The normalized spacial score (nSPS) is 17.9. The van der Waals surface area contributed by atoms with Gasteiger partial charge in [-0.15, -0.1) is 5.10 Å². The molecule has 0 radical (unpaired) electrons. The van der Waals surface area contributed by atoms with E-state index in [4.69, 9.17) is 0 Å². The first-order chi connectivity index (χ1) is 7.27. The molecule has 1 aromatic heterocycles. The lowest BCUT2D eigenvalue weighted by Gasteiger charge is -2.21. The smallest absolute Gasteiger partial charge is 0.217 e. The van der Waals surface area contributed by atoms with Gasteiger partial charge >= 0.3 is 0 Å². The maximum absolute atomic E-state index is 11.2. The molecule has 1 aromatic rings. The lowest BCUT2D eigenvalue weighted by atomic mass is 9.89. The Kier molecular flexibility index (Phi) is 3.08. The maximum Gasteiger partial charge on any atom is 0.217 e. The molecule has 5 nitrogen and oxygen atoms in total. The van der Waals surface area contributed by atoms with Crippen molar-refractivity contribution in [3.05, 3.63) is 5.82 Å². The van der Waals surface area contributed by atoms with Crippen LogP contribution in [0.25, 0.3) is 0 Å². The van der Waals surface area contributed by atoms with Crippen molar-refractivity contribution in [1.29, 1.82) is 0 Å². The number of carbonyl (C=O) groups excluding carboxylic acids is 1. The van der Waals surface area contributed by atoms with Gasteiger partial charge in [-0.05, 0) is 29.2 Å². The van der Waals surface area contributed by atoms with Gasteiger partial charge in [-0.1, -0.05) is 19.3 Å². The molecular formula is C10H16N4O. The summed E-state index contributed by atoms with van der Waals surface area (Å²) in [5.74, 6) is 0.969. The van der Waals surface area contributed by atoms with Gasteiger partial charge in [-0.2, -0.15) is 0 Å². The summed E-state index contributed by atoms with van der Waals surface area (Å²) in [5.41, 5.74) is 0. The van der Waals surface area contributed by atoms with E-state index in [1.54, 1.807) is 4.68 Å². The van der Waals surface area contributed by atoms with E-state index in [9.17, 15) is 4.79 Å². The van der Waals surface area contributed by atoms with Crippen LogP contribution in [0.4, 0.5) is 0 Å². The van der Waals surface area contributed by atoms with Crippen LogP contribution >= 0.6 is 0 Å². The minimum Gasteiger partial charge on any atom is -0.291 e. The predicted octanol–water partition coefficient (Wildman–Crippen LogP) is 1.46. The first kappa shape index (κ1) is 10.3. The lowest BCUT2D eigenvalue weighted by molar-refractivity contribution is 0.0995. The zero-order valence-corrected chi connectivity index (χ0v) is 9.02. The summed E-state index contributed by atoms with van der Waals surface area (Å²) in [6.07, 6.45) is 6.39. The van der Waals surface area contributed by atoms with Gasteiger partial charge in [0.25, 0.3) is 0 Å². The number of carbonyl (C=O) groups is 1. The van der Waals surface area contributed by atoms with Crippen molar-refractivity contribution in [2.24, 2.45) is 5.92 Å². The van der Waals surface area contributed by atoms with Gasteiger partial charge in [-0.3, -0.25) is 4.79 Å². The summed E-state index contributed by atoms with van der Waals surface area (Å²) < 4.78 is 1.65. The second-order valence-corrected chi connectivity index (χ2v) is 4.24. The molecule has 82 valence electrons. The van der Waals surface area contributed by atoms with Gasteiger partial charge in [0.2, 0.25) is 5.82 Å². The van der Waals surface area contributed by atoms with Crippen LogP contribution in [0.2, 0.25) is 0 Å². The van der Waals surface area contributed by atoms with Crippen molar-refractivity contribution in [2.45, 2.75) is 45.6 Å². The largest absolute Gasteiger partial charge is 0.291 e. The highest BCUT2D eigenvalue weighted by Gasteiger charge is 2.18. The molecule has 0 aliphatic heterocycles. The summed E-state index contributed by atoms with van der Waals surface area (Å²) in [5, 5.41) is 11.2. The van der Waals surface area contributed by atoms with Gasteiger partial charge in [0.1, 0.15) is 0 Å². The molecule has 1 aliphatic rings. The first-order valence-corrected chi connectivity index (χ1v) is 5.54. The van der Waals surface area contributed by atoms with Crippen LogP contribution in [0.5, 0.6) is 0 Å². The molecule has 1 heterocycles. The number of hydrogen-bond donors (Lipinski definition) is 0. The summed E-state index contributed by atoms with van der Waals surface area (Å²) >= 11 is 0. The standard InChI is InChI=1S/C10H16N4O/c1-8(15)10-11-12-13-14(10)7-9-5-3-2-4-6-9/h9H,2-7H2,1H3. The number of rotatable bonds is 3. The number of aromatic nitrogens is 4. The van der Waals surface area contributed by atoms with E-state index in [2.05, 4.69) is 15.5 Å². The zero-order chi connectivity index (χ0) is 10.7. The van der Waals surface area contributed by atoms with Crippen LogP contribution in [0.3, 0.4) is 0 Å². The van der Waals surface area contributed by atoms with Crippen molar-refractivity contribution < 1.29 is 4.79 Å². The molecule has 0 saturated heterocycles. The zero-order valence-electron chi connectivity index (χ0n) is 9.02. The van der Waals surface area contributed by atoms with Gasteiger partial charge in [0.05, 0.1) is 0 Å². The van der Waals surface area contributed by atoms with Gasteiger partial charge < -0.3 is 0 Å². The third kappa shape index (κ3) is 2.40. The Morgan fingerprint density at radius 3 is 2.80 bits per heavy atom. The van der Waals surface area contributed by atoms with Crippen LogP contribution in [-0.4, -0.2) is 26.0 Å². The molecule has 0 unspecified atom stereocenters. The lowest BCUT2D eigenvalue weighted by Crippen LogP contribution is -2.18. The predicted molar refractivity (Wildman–Crippen MR) is 54.4 cm³/mol. The quantitative estimate of drug-likeness (QED) is 0.705. The summed E-state index contributed by atoms with van der Waals surface area (Å²) in [6.45, 7) is 2.30. The van der Waals surface area contributed by atoms with E-state index in [1.807, 2.05) is 0 Å². The summed E-state index contributed by atoms with van der Waals surface area (Å²) in [6, 6.07) is 0. The van der Waals surface area contributed by atoms with Crippen molar-refractivity contribution in [1.82, 2.24) is 20.2 Å². The molecule has 0 bridgehead atoms. The molecule has 15 heavy (non-hydrogen) atoms. The van der Waals surface area contributed by atoms with Crippen LogP contribution in [0.15, 0.2) is 0 Å². The molecule has 0 atom stereocenters. The summed E-state index contributed by atoms with van der Waals surface area (Å²) in [4.78, 5) is 11.2. The second-order valence-electron chi connectivity index (χ2n) is 4.24.